The van der Waals surface area contributed by atoms with Gasteiger partial charge in [-0.25, -0.2) is 0 Å². The van der Waals surface area contributed by atoms with Gasteiger partial charge in [-0.1, -0.05) is 25.0 Å². The van der Waals surface area contributed by atoms with Crippen LogP contribution in [0.1, 0.15) is 38.5 Å². The van der Waals surface area contributed by atoms with Gasteiger partial charge < -0.3 is 4.90 Å². The van der Waals surface area contributed by atoms with E-state index in [1.165, 1.54) is 5.39 Å². The summed E-state index contributed by atoms with van der Waals surface area (Å²) in [6.45, 7) is 5.62. The van der Waals surface area contributed by atoms with Crippen molar-refractivity contribution in [1.82, 2.24) is 20.0 Å². The molecule has 0 radical (unpaired) electrons. The quantitative estimate of drug-likeness (QED) is 0.587. The number of hydrogen-bond donors (Lipinski definition) is 1. The molecular formula is C23H31N5O2. The van der Waals surface area contributed by atoms with Crippen molar-refractivity contribution >= 4 is 28.5 Å². The van der Waals surface area contributed by atoms with Gasteiger partial charge in [-0.2, -0.15) is 5.10 Å². The molecule has 1 aromatic heterocycles. The van der Waals surface area contributed by atoms with Crippen LogP contribution in [0.4, 0.5) is 5.82 Å². The topological polar surface area (TPSA) is 72.5 Å². The normalized spacial score (nSPS) is 25.3. The first-order chi connectivity index (χ1) is 14.7. The molecule has 7 nitrogen and oxygen atoms in total. The molecule has 160 valence electrons. The number of nitrogens with one attached hydrogen (secondary N) is 1. The number of fused-ring (bicyclic) bond motifs is 2. The summed E-state index contributed by atoms with van der Waals surface area (Å²) in [5, 5.41) is 8.83. The molecule has 3 heterocycles. The van der Waals surface area contributed by atoms with Crippen molar-refractivity contribution in [3.05, 3.63) is 24.3 Å². The number of carbonyl (C=O) groups is 2. The molecule has 30 heavy (non-hydrogen) atoms. The maximum atomic E-state index is 12.6. The number of benzene rings is 1. The first kappa shape index (κ1) is 19.5. The van der Waals surface area contributed by atoms with Crippen LogP contribution in [0.3, 0.4) is 0 Å². The Hall–Kier alpha value is -2.41. The van der Waals surface area contributed by atoms with Gasteiger partial charge in [-0.3, -0.25) is 24.5 Å². The van der Waals surface area contributed by atoms with Crippen molar-refractivity contribution in [3.8, 4) is 0 Å². The minimum atomic E-state index is -0.0163. The maximum absolute atomic E-state index is 12.6. The number of imide groups is 1. The van der Waals surface area contributed by atoms with Crippen LogP contribution in [-0.2, 0) is 9.59 Å². The molecule has 2 saturated heterocycles. The van der Waals surface area contributed by atoms with Crippen LogP contribution in [-0.4, -0.2) is 71.1 Å². The Labute approximate surface area is 177 Å². The number of aromatic nitrogens is 2. The van der Waals surface area contributed by atoms with Gasteiger partial charge in [-0.05, 0) is 44.4 Å². The second-order valence-electron chi connectivity index (χ2n) is 8.95. The Bertz CT molecular complexity index is 893. The predicted molar refractivity (Wildman–Crippen MR) is 116 cm³/mol. The van der Waals surface area contributed by atoms with E-state index in [0.29, 0.717) is 6.54 Å². The summed E-state index contributed by atoms with van der Waals surface area (Å²) in [5.74, 6) is 1.22. The van der Waals surface area contributed by atoms with E-state index in [0.717, 1.165) is 82.6 Å². The summed E-state index contributed by atoms with van der Waals surface area (Å²) in [6, 6.07) is 8.27. The molecule has 3 aliphatic rings. The number of aromatic amines is 1. The molecule has 2 aliphatic heterocycles. The van der Waals surface area contributed by atoms with Crippen molar-refractivity contribution in [1.29, 1.82) is 0 Å². The fraction of sp³-hybridized carbons (Fsp3) is 0.609. The standard InChI is InChI=1S/C23H31N5O2/c29-22-17-7-1-2-8-18(17)23(30)28(22)12-6-5-11-26-13-15-27(16-14-26)21-19-9-3-4-10-20(19)24-25-21/h3-4,9-10,17-18H,1-2,5-8,11-16H2,(H,24,25)/t17-,18+. The summed E-state index contributed by atoms with van der Waals surface area (Å²) in [4.78, 5) is 31.6. The molecule has 7 heteroatoms. The highest BCUT2D eigenvalue weighted by molar-refractivity contribution is 6.05. The third-order valence-electron chi connectivity index (χ3n) is 7.16. The lowest BCUT2D eigenvalue weighted by Crippen LogP contribution is -2.47. The molecule has 5 rings (SSSR count). The Balaban J connectivity index is 1.06. The van der Waals surface area contributed by atoms with Gasteiger partial charge in [0.25, 0.3) is 0 Å². The number of carbonyl (C=O) groups excluding carboxylic acids is 2. The van der Waals surface area contributed by atoms with Gasteiger partial charge in [0.15, 0.2) is 5.82 Å². The van der Waals surface area contributed by atoms with Crippen LogP contribution in [0, 0.1) is 11.8 Å². The molecule has 1 aromatic carbocycles. The zero-order valence-electron chi connectivity index (χ0n) is 17.6. The van der Waals surface area contributed by atoms with E-state index in [9.17, 15) is 9.59 Å². The highest BCUT2D eigenvalue weighted by Gasteiger charge is 2.47. The average molecular weight is 410 g/mol. The van der Waals surface area contributed by atoms with E-state index in [1.807, 2.05) is 6.07 Å². The van der Waals surface area contributed by atoms with E-state index >= 15 is 0 Å². The molecule has 3 fully saturated rings. The largest absolute Gasteiger partial charge is 0.352 e. The monoisotopic (exact) mass is 409 g/mol. The molecule has 2 amide bonds. The third-order valence-corrected chi connectivity index (χ3v) is 7.16. The van der Waals surface area contributed by atoms with Gasteiger partial charge in [0.1, 0.15) is 0 Å². The number of likely N-dealkylation sites (tertiary alicyclic amines) is 1. The molecule has 0 bridgehead atoms. The first-order valence-corrected chi connectivity index (χ1v) is 11.5. The Morgan fingerprint density at radius 1 is 0.900 bits per heavy atom. The third kappa shape index (κ3) is 3.60. The number of anilines is 1. The van der Waals surface area contributed by atoms with Gasteiger partial charge >= 0.3 is 0 Å². The summed E-state index contributed by atoms with van der Waals surface area (Å²) >= 11 is 0. The van der Waals surface area contributed by atoms with Crippen LogP contribution in [0.2, 0.25) is 0 Å². The molecule has 0 spiro atoms. The molecule has 1 N–H and O–H groups in total. The number of hydrogen-bond acceptors (Lipinski definition) is 5. The number of H-pyrrole nitrogens is 1. The van der Waals surface area contributed by atoms with Crippen LogP contribution in [0.5, 0.6) is 0 Å². The zero-order valence-corrected chi connectivity index (χ0v) is 17.6. The lowest BCUT2D eigenvalue weighted by molar-refractivity contribution is -0.140. The van der Waals surface area contributed by atoms with E-state index in [-0.39, 0.29) is 23.7 Å². The van der Waals surface area contributed by atoms with Gasteiger partial charge in [0.2, 0.25) is 11.8 Å². The zero-order chi connectivity index (χ0) is 20.5. The molecule has 2 aromatic rings. The lowest BCUT2D eigenvalue weighted by Gasteiger charge is -2.35. The van der Waals surface area contributed by atoms with E-state index in [4.69, 9.17) is 0 Å². The number of para-hydroxylation sites is 1. The summed E-state index contributed by atoms with van der Waals surface area (Å²) in [6.07, 6.45) is 5.92. The summed E-state index contributed by atoms with van der Waals surface area (Å²) in [7, 11) is 0. The second kappa shape index (κ2) is 8.38. The van der Waals surface area contributed by atoms with Crippen molar-refractivity contribution in [3.63, 3.8) is 0 Å². The predicted octanol–water partition coefficient (Wildman–Crippen LogP) is 2.64. The van der Waals surface area contributed by atoms with Crippen LogP contribution >= 0.6 is 0 Å². The number of nitrogens with zero attached hydrogens (tertiary/aromatic N) is 4. The van der Waals surface area contributed by atoms with Gasteiger partial charge in [-0.15, -0.1) is 0 Å². The van der Waals surface area contributed by atoms with E-state index in [2.05, 4.69) is 38.2 Å². The molecule has 0 unspecified atom stereocenters. The Kier molecular flexibility index (Phi) is 5.46. The average Bonchev–Trinajstić information content (AvgIpc) is 3.32. The number of amides is 2. The maximum Gasteiger partial charge on any atom is 0.233 e. The number of piperazine rings is 1. The lowest BCUT2D eigenvalue weighted by atomic mass is 9.81. The smallest absolute Gasteiger partial charge is 0.233 e. The Morgan fingerprint density at radius 3 is 2.30 bits per heavy atom. The van der Waals surface area contributed by atoms with E-state index < -0.39 is 0 Å². The molecular weight excluding hydrogens is 378 g/mol. The highest BCUT2D eigenvalue weighted by Crippen LogP contribution is 2.38. The van der Waals surface area contributed by atoms with Crippen molar-refractivity contribution in [2.24, 2.45) is 11.8 Å². The number of unbranched alkanes of at least 4 members (excludes halogenated alkanes) is 1. The van der Waals surface area contributed by atoms with Crippen LogP contribution in [0.25, 0.3) is 10.9 Å². The number of rotatable bonds is 6. The minimum Gasteiger partial charge on any atom is -0.352 e. The molecule has 1 aliphatic carbocycles. The van der Waals surface area contributed by atoms with Gasteiger partial charge in [0.05, 0.1) is 17.4 Å². The molecule has 1 saturated carbocycles. The Morgan fingerprint density at radius 2 is 1.57 bits per heavy atom. The van der Waals surface area contributed by atoms with Crippen molar-refractivity contribution in [2.75, 3.05) is 44.2 Å². The van der Waals surface area contributed by atoms with Gasteiger partial charge in [0, 0.05) is 38.1 Å². The molecule has 2 atom stereocenters. The second-order valence-corrected chi connectivity index (χ2v) is 8.95. The van der Waals surface area contributed by atoms with Crippen LogP contribution in [0.15, 0.2) is 24.3 Å². The minimum absolute atomic E-state index is 0.0163. The summed E-state index contributed by atoms with van der Waals surface area (Å²) in [5.41, 5.74) is 1.08. The highest BCUT2D eigenvalue weighted by atomic mass is 16.2. The fourth-order valence-corrected chi connectivity index (χ4v) is 5.43. The van der Waals surface area contributed by atoms with Crippen molar-refractivity contribution in [2.45, 2.75) is 38.5 Å². The first-order valence-electron chi connectivity index (χ1n) is 11.5. The fourth-order valence-electron chi connectivity index (χ4n) is 5.43. The SMILES string of the molecule is O=C1[C@H]2CCCC[C@H]2C(=O)N1CCCCN1CCN(c2n[nH]c3ccccc23)CC1. The van der Waals surface area contributed by atoms with Crippen molar-refractivity contribution < 1.29 is 9.59 Å². The van der Waals surface area contributed by atoms with E-state index in [1.54, 1.807) is 4.90 Å². The van der Waals surface area contributed by atoms with Crippen LogP contribution < -0.4 is 4.90 Å². The summed E-state index contributed by atoms with van der Waals surface area (Å²) < 4.78 is 0.